The number of rotatable bonds is 4. The van der Waals surface area contributed by atoms with Gasteiger partial charge in [-0.1, -0.05) is 35.6 Å². The molecule has 4 nitrogen and oxygen atoms in total. The van der Waals surface area contributed by atoms with Crippen molar-refractivity contribution < 1.29 is 9.18 Å². The molecule has 0 bridgehead atoms. The minimum absolute atomic E-state index is 0.182. The molecule has 0 saturated heterocycles. The van der Waals surface area contributed by atoms with E-state index >= 15 is 0 Å². The van der Waals surface area contributed by atoms with E-state index in [1.165, 1.54) is 16.7 Å². The molecule has 1 amide bonds. The normalized spacial score (nSPS) is 15.4. The third kappa shape index (κ3) is 2.73. The maximum atomic E-state index is 13.3. The van der Waals surface area contributed by atoms with E-state index in [1.54, 1.807) is 12.1 Å². The van der Waals surface area contributed by atoms with Gasteiger partial charge < -0.3 is 5.32 Å². The van der Waals surface area contributed by atoms with E-state index < -0.39 is 6.04 Å². The van der Waals surface area contributed by atoms with Gasteiger partial charge in [-0.3, -0.25) is 14.2 Å². The van der Waals surface area contributed by atoms with Gasteiger partial charge in [0.1, 0.15) is 11.9 Å². The number of hydrogen-bond acceptors (Lipinski definition) is 3. The number of fused-ring (bicyclic) bond motifs is 1. The predicted octanol–water partition coefficient (Wildman–Crippen LogP) is 3.07. The molecule has 122 valence electrons. The lowest BCUT2D eigenvalue weighted by Crippen LogP contribution is -2.37. The molecule has 1 saturated carbocycles. The summed E-state index contributed by atoms with van der Waals surface area (Å²) in [6, 6.07) is 12.5. The van der Waals surface area contributed by atoms with E-state index in [4.69, 9.17) is 0 Å². The maximum Gasteiger partial charge on any atom is 0.309 e. The van der Waals surface area contributed by atoms with Crippen LogP contribution >= 0.6 is 11.3 Å². The first kappa shape index (κ1) is 15.1. The van der Waals surface area contributed by atoms with Crippen molar-refractivity contribution in [2.75, 3.05) is 0 Å². The number of nitrogens with one attached hydrogen (secondary N) is 1. The van der Waals surface area contributed by atoms with Crippen molar-refractivity contribution >= 4 is 27.5 Å². The first-order valence-electron chi connectivity index (χ1n) is 7.79. The summed E-state index contributed by atoms with van der Waals surface area (Å²) < 4.78 is 15.6. The largest absolute Gasteiger partial charge is 0.351 e. The summed E-state index contributed by atoms with van der Waals surface area (Å²) in [7, 11) is 0. The minimum atomic E-state index is -0.796. The Bertz CT molecular complexity index is 957. The van der Waals surface area contributed by atoms with Crippen LogP contribution in [0.5, 0.6) is 0 Å². The summed E-state index contributed by atoms with van der Waals surface area (Å²) in [6.07, 6.45) is 1.92. The van der Waals surface area contributed by atoms with Gasteiger partial charge in [0.15, 0.2) is 0 Å². The number of benzene rings is 2. The minimum Gasteiger partial charge on any atom is -0.351 e. The molecule has 1 aromatic heterocycles. The Morgan fingerprint density at radius 2 is 1.88 bits per heavy atom. The van der Waals surface area contributed by atoms with E-state index in [9.17, 15) is 14.0 Å². The third-order valence-corrected chi connectivity index (χ3v) is 5.07. The van der Waals surface area contributed by atoms with E-state index in [2.05, 4.69) is 5.32 Å². The maximum absolute atomic E-state index is 13.3. The molecular formula is C18H15FN2O2S. The number of halogens is 1. The van der Waals surface area contributed by atoms with Crippen molar-refractivity contribution in [1.29, 1.82) is 0 Å². The topological polar surface area (TPSA) is 51.1 Å². The average molecular weight is 342 g/mol. The van der Waals surface area contributed by atoms with Crippen molar-refractivity contribution in [3.05, 3.63) is 69.6 Å². The molecule has 0 radical (unpaired) electrons. The van der Waals surface area contributed by atoms with E-state index in [0.717, 1.165) is 28.9 Å². The highest BCUT2D eigenvalue weighted by Crippen LogP contribution is 2.27. The van der Waals surface area contributed by atoms with Gasteiger partial charge in [0.05, 0.1) is 10.2 Å². The number of hydrogen-bond donors (Lipinski definition) is 1. The third-order valence-electron chi connectivity index (χ3n) is 4.13. The molecule has 1 heterocycles. The van der Waals surface area contributed by atoms with Gasteiger partial charge in [0.25, 0.3) is 0 Å². The van der Waals surface area contributed by atoms with Gasteiger partial charge in [-0.05, 0) is 42.7 Å². The van der Waals surface area contributed by atoms with Crippen molar-refractivity contribution in [1.82, 2.24) is 9.88 Å². The number of carbonyl (C=O) groups excluding carboxylic acids is 1. The van der Waals surface area contributed by atoms with E-state index in [0.29, 0.717) is 11.1 Å². The highest BCUT2D eigenvalue weighted by atomic mass is 32.1. The highest BCUT2D eigenvalue weighted by Gasteiger charge is 2.31. The number of aromatic nitrogens is 1. The van der Waals surface area contributed by atoms with Gasteiger partial charge >= 0.3 is 4.87 Å². The first-order chi connectivity index (χ1) is 11.6. The molecule has 0 spiro atoms. The number of carbonyl (C=O) groups is 1. The Hall–Kier alpha value is -2.47. The zero-order chi connectivity index (χ0) is 16.7. The zero-order valence-corrected chi connectivity index (χ0v) is 13.6. The SMILES string of the molecule is O=C(NC1CC1)C(c1ccc(F)cc1)n1c(=O)sc2ccccc21. The molecule has 1 atom stereocenters. The summed E-state index contributed by atoms with van der Waals surface area (Å²) in [4.78, 5) is 25.2. The molecule has 4 rings (SSSR count). The van der Waals surface area contributed by atoms with Gasteiger partial charge in [-0.25, -0.2) is 4.39 Å². The predicted molar refractivity (Wildman–Crippen MR) is 91.8 cm³/mol. The quantitative estimate of drug-likeness (QED) is 0.792. The lowest BCUT2D eigenvalue weighted by molar-refractivity contribution is -0.123. The second-order valence-electron chi connectivity index (χ2n) is 5.94. The van der Waals surface area contributed by atoms with Crippen LogP contribution in [0.2, 0.25) is 0 Å². The summed E-state index contributed by atoms with van der Waals surface area (Å²) >= 11 is 1.11. The lowest BCUT2D eigenvalue weighted by Gasteiger charge is -2.19. The highest BCUT2D eigenvalue weighted by molar-refractivity contribution is 7.16. The standard InChI is InChI=1S/C18H15FN2O2S/c19-12-7-5-11(6-8-12)16(17(22)20-13-9-10-13)21-14-3-1-2-4-15(14)24-18(21)23/h1-8,13,16H,9-10H2,(H,20,22). The van der Waals surface area contributed by atoms with Crippen LogP contribution in [-0.2, 0) is 4.79 Å². The molecule has 1 aliphatic carbocycles. The Morgan fingerprint density at radius 1 is 1.17 bits per heavy atom. The average Bonchev–Trinajstić information content (AvgIpc) is 3.32. The van der Waals surface area contributed by atoms with E-state index in [-0.39, 0.29) is 22.6 Å². The molecule has 1 unspecified atom stereocenters. The Labute approximate surface area is 141 Å². The molecule has 24 heavy (non-hydrogen) atoms. The lowest BCUT2D eigenvalue weighted by atomic mass is 10.1. The zero-order valence-electron chi connectivity index (χ0n) is 12.7. The number of para-hydroxylation sites is 1. The van der Waals surface area contributed by atoms with Crippen LogP contribution in [0.15, 0.2) is 53.3 Å². The molecule has 1 aliphatic rings. The van der Waals surface area contributed by atoms with Crippen LogP contribution in [0.25, 0.3) is 10.2 Å². The number of thiazole rings is 1. The fourth-order valence-corrected chi connectivity index (χ4v) is 3.71. The van der Waals surface area contributed by atoms with Crippen LogP contribution in [0.1, 0.15) is 24.4 Å². The second kappa shape index (κ2) is 5.87. The number of amides is 1. The van der Waals surface area contributed by atoms with Crippen molar-refractivity contribution in [3.8, 4) is 0 Å². The fraction of sp³-hybridized carbons (Fsp3) is 0.222. The molecule has 1 N–H and O–H groups in total. The van der Waals surface area contributed by atoms with Gasteiger partial charge in [-0.15, -0.1) is 0 Å². The van der Waals surface area contributed by atoms with Crippen LogP contribution in [0, 0.1) is 5.82 Å². The summed E-state index contributed by atoms with van der Waals surface area (Å²) in [5.41, 5.74) is 1.31. The van der Waals surface area contributed by atoms with Crippen LogP contribution < -0.4 is 10.2 Å². The van der Waals surface area contributed by atoms with Crippen LogP contribution in [0.3, 0.4) is 0 Å². The molecular weight excluding hydrogens is 327 g/mol. The molecule has 1 fully saturated rings. The molecule has 2 aromatic carbocycles. The Balaban J connectivity index is 1.87. The number of nitrogens with zero attached hydrogens (tertiary/aromatic N) is 1. The Morgan fingerprint density at radius 3 is 2.58 bits per heavy atom. The van der Waals surface area contributed by atoms with Gasteiger partial charge in [0, 0.05) is 6.04 Å². The molecule has 0 aliphatic heterocycles. The smallest absolute Gasteiger partial charge is 0.309 e. The Kier molecular flexibility index (Phi) is 3.69. The van der Waals surface area contributed by atoms with Crippen LogP contribution in [-0.4, -0.2) is 16.5 Å². The van der Waals surface area contributed by atoms with Crippen molar-refractivity contribution in [2.24, 2.45) is 0 Å². The first-order valence-corrected chi connectivity index (χ1v) is 8.61. The fourth-order valence-electron chi connectivity index (χ4n) is 2.80. The summed E-state index contributed by atoms with van der Waals surface area (Å²) in [5.74, 6) is -0.600. The summed E-state index contributed by atoms with van der Waals surface area (Å²) in [5, 5.41) is 2.96. The van der Waals surface area contributed by atoms with Crippen molar-refractivity contribution in [2.45, 2.75) is 24.9 Å². The van der Waals surface area contributed by atoms with E-state index in [1.807, 2.05) is 24.3 Å². The van der Waals surface area contributed by atoms with Gasteiger partial charge in [0.2, 0.25) is 5.91 Å². The molecule has 6 heteroatoms. The second-order valence-corrected chi connectivity index (χ2v) is 6.94. The van der Waals surface area contributed by atoms with Crippen molar-refractivity contribution in [3.63, 3.8) is 0 Å². The monoisotopic (exact) mass is 342 g/mol. The molecule has 3 aromatic rings. The van der Waals surface area contributed by atoms with Crippen LogP contribution in [0.4, 0.5) is 4.39 Å². The van der Waals surface area contributed by atoms with Gasteiger partial charge in [-0.2, -0.15) is 0 Å². The summed E-state index contributed by atoms with van der Waals surface area (Å²) in [6.45, 7) is 0.